The Morgan fingerprint density at radius 3 is 2.80 bits per heavy atom. The van der Waals surface area contributed by atoms with Crippen LogP contribution in [0.1, 0.15) is 25.7 Å². The Balaban J connectivity index is 2.32. The average Bonchev–Trinajstić information content (AvgIpc) is 1.89. The lowest BCUT2D eigenvalue weighted by atomic mass is 10.1. The van der Waals surface area contributed by atoms with Crippen LogP contribution in [0.2, 0.25) is 0 Å². The molecule has 0 aliphatic carbocycles. The average molecular weight is 179 g/mol. The number of alkyl halides is 1. The molecule has 0 N–H and O–H groups in total. The van der Waals surface area contributed by atoms with Crippen LogP contribution in [0.5, 0.6) is 0 Å². The number of halogens is 1. The molecule has 1 aliphatic rings. The monoisotopic (exact) mass is 178 g/mol. The Hall–Kier alpha value is 0.467. The summed E-state index contributed by atoms with van der Waals surface area (Å²) in [5.41, 5.74) is 0. The number of hydrogen-bond acceptors (Lipinski definition) is 1. The van der Waals surface area contributed by atoms with E-state index < -0.39 is 0 Å². The lowest BCUT2D eigenvalue weighted by Crippen LogP contribution is -2.37. The maximum absolute atomic E-state index is 5.68. The van der Waals surface area contributed by atoms with Crippen LogP contribution in [-0.4, -0.2) is 28.0 Å². The first-order valence-corrected chi connectivity index (χ1v) is 5.50. The molecule has 0 amide bonds. The van der Waals surface area contributed by atoms with E-state index in [9.17, 15) is 0 Å². The molecule has 1 unspecified atom stereocenters. The largest absolute Gasteiger partial charge is 0.380 e. The molecular formula is C7H15ClOSi. The fourth-order valence-corrected chi connectivity index (χ4v) is 2.91. The maximum Gasteiger partial charge on any atom is 0.0497 e. The second kappa shape index (κ2) is 3.74. The summed E-state index contributed by atoms with van der Waals surface area (Å²) in [5, 5.41) is 0.236. The van der Waals surface area contributed by atoms with E-state index in [0.29, 0.717) is 0 Å². The molecular weight excluding hydrogens is 164 g/mol. The molecule has 0 saturated carbocycles. The molecule has 0 spiro atoms. The Bertz CT molecular complexity index is 96.3. The molecule has 1 atom stereocenters. The molecule has 1 saturated heterocycles. The van der Waals surface area contributed by atoms with Crippen molar-refractivity contribution in [1.29, 1.82) is 0 Å². The Morgan fingerprint density at radius 2 is 2.30 bits per heavy atom. The third-order valence-corrected chi connectivity index (χ3v) is 3.65. The van der Waals surface area contributed by atoms with Gasteiger partial charge in [0.2, 0.25) is 0 Å². The SMILES string of the molecule is [SiH3]C1(CCCl)CCCCO1. The van der Waals surface area contributed by atoms with Gasteiger partial charge in [0, 0.05) is 28.0 Å². The molecule has 1 fully saturated rings. The van der Waals surface area contributed by atoms with Crippen LogP contribution in [0.3, 0.4) is 0 Å². The third-order valence-electron chi connectivity index (χ3n) is 2.17. The summed E-state index contributed by atoms with van der Waals surface area (Å²) < 4.78 is 5.68. The van der Waals surface area contributed by atoms with E-state index in [-0.39, 0.29) is 5.22 Å². The van der Waals surface area contributed by atoms with Gasteiger partial charge < -0.3 is 4.74 Å². The molecule has 1 rings (SSSR count). The lowest BCUT2D eigenvalue weighted by Gasteiger charge is -2.33. The molecule has 1 nitrogen and oxygen atoms in total. The normalized spacial score (nSPS) is 34.5. The van der Waals surface area contributed by atoms with E-state index >= 15 is 0 Å². The second-order valence-corrected chi connectivity index (χ2v) is 5.39. The first-order valence-electron chi connectivity index (χ1n) is 3.97. The lowest BCUT2D eigenvalue weighted by molar-refractivity contribution is -0.0189. The quantitative estimate of drug-likeness (QED) is 0.451. The summed E-state index contributed by atoms with van der Waals surface area (Å²) in [6.45, 7) is 0.959. The number of rotatable bonds is 2. The fourth-order valence-electron chi connectivity index (χ4n) is 1.39. The second-order valence-electron chi connectivity index (χ2n) is 3.19. The van der Waals surface area contributed by atoms with Crippen LogP contribution >= 0.6 is 11.6 Å². The summed E-state index contributed by atoms with van der Waals surface area (Å²) in [5.74, 6) is 0.753. The fraction of sp³-hybridized carbons (Fsp3) is 1.00. The van der Waals surface area contributed by atoms with Gasteiger partial charge in [0.1, 0.15) is 0 Å². The van der Waals surface area contributed by atoms with Gasteiger partial charge in [-0.1, -0.05) is 0 Å². The van der Waals surface area contributed by atoms with Gasteiger partial charge in [-0.15, -0.1) is 11.6 Å². The molecule has 10 heavy (non-hydrogen) atoms. The van der Waals surface area contributed by atoms with Gasteiger partial charge >= 0.3 is 0 Å². The summed E-state index contributed by atoms with van der Waals surface area (Å²) in [4.78, 5) is 0. The van der Waals surface area contributed by atoms with Crippen molar-refractivity contribution in [2.75, 3.05) is 12.5 Å². The molecule has 0 bridgehead atoms. The van der Waals surface area contributed by atoms with Crippen molar-refractivity contribution >= 4 is 21.8 Å². The zero-order chi connectivity index (χ0) is 7.45. The van der Waals surface area contributed by atoms with Gasteiger partial charge in [0.05, 0.1) is 0 Å². The van der Waals surface area contributed by atoms with Gasteiger partial charge in [-0.3, -0.25) is 0 Å². The Labute approximate surface area is 70.5 Å². The van der Waals surface area contributed by atoms with Crippen molar-refractivity contribution < 1.29 is 4.74 Å². The van der Waals surface area contributed by atoms with Gasteiger partial charge in [0.25, 0.3) is 0 Å². The van der Waals surface area contributed by atoms with Crippen LogP contribution in [-0.2, 0) is 4.74 Å². The van der Waals surface area contributed by atoms with Crippen molar-refractivity contribution in [2.45, 2.75) is 30.9 Å². The van der Waals surface area contributed by atoms with E-state index in [0.717, 1.165) is 29.2 Å². The van der Waals surface area contributed by atoms with Gasteiger partial charge in [-0.05, 0) is 25.7 Å². The topological polar surface area (TPSA) is 9.23 Å². The van der Waals surface area contributed by atoms with Gasteiger partial charge in [-0.25, -0.2) is 0 Å². The molecule has 60 valence electrons. The molecule has 0 radical (unpaired) electrons. The van der Waals surface area contributed by atoms with Crippen LogP contribution in [0.25, 0.3) is 0 Å². The highest BCUT2D eigenvalue weighted by atomic mass is 35.5. The van der Waals surface area contributed by atoms with Crippen molar-refractivity contribution in [3.63, 3.8) is 0 Å². The molecule has 0 aromatic carbocycles. The highest BCUT2D eigenvalue weighted by Gasteiger charge is 2.26. The van der Waals surface area contributed by atoms with Crippen molar-refractivity contribution in [3.05, 3.63) is 0 Å². The highest BCUT2D eigenvalue weighted by Crippen LogP contribution is 2.24. The van der Waals surface area contributed by atoms with Gasteiger partial charge in [-0.2, -0.15) is 0 Å². The standard InChI is InChI=1S/C7H15ClOSi/c8-5-4-7(10)3-1-2-6-9-7/h1-6H2,10H3. The molecule has 3 heteroatoms. The zero-order valence-electron chi connectivity index (χ0n) is 6.53. The van der Waals surface area contributed by atoms with E-state index in [2.05, 4.69) is 0 Å². The van der Waals surface area contributed by atoms with Crippen LogP contribution in [0.15, 0.2) is 0 Å². The minimum absolute atomic E-state index is 0.236. The summed E-state index contributed by atoms with van der Waals surface area (Å²) in [7, 11) is 1.13. The van der Waals surface area contributed by atoms with Crippen molar-refractivity contribution in [1.82, 2.24) is 0 Å². The van der Waals surface area contributed by atoms with E-state index in [1.807, 2.05) is 0 Å². The smallest absolute Gasteiger partial charge is 0.0497 e. The Kier molecular flexibility index (Phi) is 3.20. The number of ether oxygens (including phenoxy) is 1. The zero-order valence-corrected chi connectivity index (χ0v) is 9.28. The summed E-state index contributed by atoms with van der Waals surface area (Å²) >= 11 is 5.67. The maximum atomic E-state index is 5.68. The molecule has 1 heterocycles. The first-order chi connectivity index (χ1) is 4.77. The van der Waals surface area contributed by atoms with Crippen molar-refractivity contribution in [2.24, 2.45) is 0 Å². The summed E-state index contributed by atoms with van der Waals surface area (Å²) in [6.07, 6.45) is 4.87. The van der Waals surface area contributed by atoms with Crippen molar-refractivity contribution in [3.8, 4) is 0 Å². The van der Waals surface area contributed by atoms with Crippen LogP contribution < -0.4 is 0 Å². The molecule has 0 aromatic rings. The third kappa shape index (κ3) is 2.26. The molecule has 1 aliphatic heterocycles. The van der Waals surface area contributed by atoms with E-state index in [4.69, 9.17) is 16.3 Å². The van der Waals surface area contributed by atoms with E-state index in [1.165, 1.54) is 19.3 Å². The van der Waals surface area contributed by atoms with E-state index in [1.54, 1.807) is 0 Å². The van der Waals surface area contributed by atoms with Gasteiger partial charge in [0.15, 0.2) is 0 Å². The molecule has 0 aromatic heterocycles. The summed E-state index contributed by atoms with van der Waals surface area (Å²) in [6, 6.07) is 0. The first kappa shape index (κ1) is 8.56. The predicted octanol–water partition coefficient (Wildman–Crippen LogP) is 0.877. The highest BCUT2D eigenvalue weighted by molar-refractivity contribution is 6.19. The predicted molar refractivity (Wildman–Crippen MR) is 47.8 cm³/mol. The minimum Gasteiger partial charge on any atom is -0.380 e. The van der Waals surface area contributed by atoms with Crippen LogP contribution in [0.4, 0.5) is 0 Å². The minimum atomic E-state index is 0.236. The number of hydrogen-bond donors (Lipinski definition) is 0. The Morgan fingerprint density at radius 1 is 1.50 bits per heavy atom. The van der Waals surface area contributed by atoms with Crippen LogP contribution in [0, 0.1) is 0 Å².